The van der Waals surface area contributed by atoms with E-state index in [4.69, 9.17) is 5.11 Å². The van der Waals surface area contributed by atoms with Gasteiger partial charge in [0.2, 0.25) is 0 Å². The number of carbonyl (C=O) groups is 1. The average Bonchev–Trinajstić information content (AvgIpc) is 2.56. The van der Waals surface area contributed by atoms with Crippen molar-refractivity contribution in [2.24, 2.45) is 5.92 Å². The fraction of sp³-hybridized carbons (Fsp3) is 0.500. The van der Waals surface area contributed by atoms with Gasteiger partial charge < -0.3 is 9.67 Å². The van der Waals surface area contributed by atoms with Crippen LogP contribution in [-0.2, 0) is 4.79 Å². The lowest BCUT2D eigenvalue weighted by atomic mass is 9.99. The molecule has 1 N–H and O–H groups in total. The Morgan fingerprint density at radius 3 is 2.38 bits per heavy atom. The van der Waals surface area contributed by atoms with Gasteiger partial charge in [-0.1, -0.05) is 20.3 Å². The zero-order chi connectivity index (χ0) is 9.84. The van der Waals surface area contributed by atoms with Crippen LogP contribution in [0.25, 0.3) is 0 Å². The van der Waals surface area contributed by atoms with E-state index in [-0.39, 0.29) is 5.92 Å². The van der Waals surface area contributed by atoms with Crippen LogP contribution in [0.4, 0.5) is 0 Å². The van der Waals surface area contributed by atoms with Crippen molar-refractivity contribution in [3.63, 3.8) is 0 Å². The number of carboxylic acid groups (broad SMARTS) is 1. The monoisotopic (exact) mass is 181 g/mol. The molecule has 1 rings (SSSR count). The van der Waals surface area contributed by atoms with Crippen molar-refractivity contribution in [2.45, 2.75) is 26.3 Å². The van der Waals surface area contributed by atoms with Gasteiger partial charge in [0.25, 0.3) is 0 Å². The van der Waals surface area contributed by atoms with Crippen molar-refractivity contribution in [1.82, 2.24) is 4.57 Å². The number of aliphatic carboxylic acids is 1. The van der Waals surface area contributed by atoms with E-state index in [2.05, 4.69) is 0 Å². The van der Waals surface area contributed by atoms with E-state index in [1.807, 2.05) is 26.0 Å². The minimum Gasteiger partial charge on any atom is -0.480 e. The average molecular weight is 181 g/mol. The first-order valence-electron chi connectivity index (χ1n) is 4.52. The highest BCUT2D eigenvalue weighted by molar-refractivity contribution is 5.72. The predicted octanol–water partition coefficient (Wildman–Crippen LogP) is 2.16. The lowest BCUT2D eigenvalue weighted by Gasteiger charge is -2.20. The van der Waals surface area contributed by atoms with Gasteiger partial charge >= 0.3 is 5.97 Å². The van der Waals surface area contributed by atoms with Crippen molar-refractivity contribution in [2.75, 3.05) is 0 Å². The Labute approximate surface area is 78.0 Å². The summed E-state index contributed by atoms with van der Waals surface area (Å²) in [5, 5.41) is 9.03. The second-order valence-corrected chi connectivity index (χ2v) is 3.30. The molecular formula is C10H15NO2. The first-order chi connectivity index (χ1) is 6.16. The second-order valence-electron chi connectivity index (χ2n) is 3.30. The largest absolute Gasteiger partial charge is 0.480 e. The van der Waals surface area contributed by atoms with Crippen LogP contribution < -0.4 is 0 Å². The molecule has 1 aromatic heterocycles. The Bertz CT molecular complexity index is 266. The van der Waals surface area contributed by atoms with Crippen LogP contribution in [0.1, 0.15) is 26.3 Å². The first kappa shape index (κ1) is 9.84. The van der Waals surface area contributed by atoms with E-state index in [1.165, 1.54) is 0 Å². The summed E-state index contributed by atoms with van der Waals surface area (Å²) >= 11 is 0. The molecule has 0 aliphatic rings. The maximum Gasteiger partial charge on any atom is 0.326 e. The van der Waals surface area contributed by atoms with Gasteiger partial charge in [0.1, 0.15) is 6.04 Å². The SMILES string of the molecule is CC[C@H](C)[C@@H](C(=O)O)n1cccc1. The topological polar surface area (TPSA) is 42.2 Å². The molecule has 1 aromatic rings. The van der Waals surface area contributed by atoms with Gasteiger partial charge in [-0.05, 0) is 18.1 Å². The summed E-state index contributed by atoms with van der Waals surface area (Å²) < 4.78 is 1.75. The van der Waals surface area contributed by atoms with Gasteiger partial charge in [0, 0.05) is 12.4 Å². The molecule has 0 spiro atoms. The minimum absolute atomic E-state index is 0.157. The lowest BCUT2D eigenvalue weighted by Crippen LogP contribution is -2.24. The van der Waals surface area contributed by atoms with Gasteiger partial charge in [-0.25, -0.2) is 4.79 Å². The van der Waals surface area contributed by atoms with Gasteiger partial charge in [-0.3, -0.25) is 0 Å². The van der Waals surface area contributed by atoms with E-state index < -0.39 is 12.0 Å². The summed E-state index contributed by atoms with van der Waals surface area (Å²) in [7, 11) is 0. The highest BCUT2D eigenvalue weighted by Gasteiger charge is 2.23. The molecule has 0 aromatic carbocycles. The molecule has 0 bridgehead atoms. The summed E-state index contributed by atoms with van der Waals surface area (Å²) in [6.45, 7) is 3.96. The van der Waals surface area contributed by atoms with Crippen LogP contribution in [0.5, 0.6) is 0 Å². The zero-order valence-electron chi connectivity index (χ0n) is 7.97. The van der Waals surface area contributed by atoms with Gasteiger partial charge in [-0.2, -0.15) is 0 Å². The summed E-state index contributed by atoms with van der Waals surface area (Å²) in [6, 6.07) is 3.26. The van der Waals surface area contributed by atoms with Crippen LogP contribution in [0, 0.1) is 5.92 Å². The Kier molecular flexibility index (Phi) is 3.12. The fourth-order valence-electron chi connectivity index (χ4n) is 1.42. The van der Waals surface area contributed by atoms with Crippen LogP contribution in [-0.4, -0.2) is 15.6 Å². The Morgan fingerprint density at radius 1 is 1.46 bits per heavy atom. The molecule has 3 nitrogen and oxygen atoms in total. The number of hydrogen-bond donors (Lipinski definition) is 1. The predicted molar refractivity (Wildman–Crippen MR) is 50.6 cm³/mol. The maximum atomic E-state index is 11.0. The molecule has 0 aliphatic heterocycles. The van der Waals surface area contributed by atoms with E-state index in [9.17, 15) is 4.79 Å². The summed E-state index contributed by atoms with van der Waals surface area (Å²) in [5.41, 5.74) is 0. The third-order valence-corrected chi connectivity index (χ3v) is 2.38. The number of carboxylic acids is 1. The standard InChI is InChI=1S/C10H15NO2/c1-3-8(2)9(10(12)13)11-6-4-5-7-11/h4-9H,3H2,1-2H3,(H,12,13)/t8-,9-/m0/s1. The molecule has 0 amide bonds. The Morgan fingerprint density at radius 2 is 2.00 bits per heavy atom. The van der Waals surface area contributed by atoms with E-state index in [1.54, 1.807) is 17.0 Å². The molecular weight excluding hydrogens is 166 g/mol. The van der Waals surface area contributed by atoms with Crippen molar-refractivity contribution >= 4 is 5.97 Å². The van der Waals surface area contributed by atoms with Crippen molar-refractivity contribution < 1.29 is 9.90 Å². The number of nitrogens with zero attached hydrogens (tertiary/aromatic N) is 1. The zero-order valence-corrected chi connectivity index (χ0v) is 7.97. The quantitative estimate of drug-likeness (QED) is 0.773. The molecule has 2 atom stereocenters. The van der Waals surface area contributed by atoms with Gasteiger partial charge in [-0.15, -0.1) is 0 Å². The normalized spacial score (nSPS) is 15.2. The Hall–Kier alpha value is -1.25. The maximum absolute atomic E-state index is 11.0. The Balaban J connectivity index is 2.87. The molecule has 0 aliphatic carbocycles. The van der Waals surface area contributed by atoms with E-state index in [0.717, 1.165) is 6.42 Å². The van der Waals surface area contributed by atoms with Crippen molar-refractivity contribution in [3.8, 4) is 0 Å². The molecule has 0 radical (unpaired) electrons. The fourth-order valence-corrected chi connectivity index (χ4v) is 1.42. The number of aromatic nitrogens is 1. The van der Waals surface area contributed by atoms with E-state index in [0.29, 0.717) is 0 Å². The van der Waals surface area contributed by atoms with Crippen LogP contribution in [0.3, 0.4) is 0 Å². The van der Waals surface area contributed by atoms with Gasteiger partial charge in [0.05, 0.1) is 0 Å². The van der Waals surface area contributed by atoms with Crippen LogP contribution >= 0.6 is 0 Å². The smallest absolute Gasteiger partial charge is 0.326 e. The molecule has 13 heavy (non-hydrogen) atoms. The van der Waals surface area contributed by atoms with Crippen molar-refractivity contribution in [3.05, 3.63) is 24.5 Å². The number of rotatable bonds is 4. The molecule has 0 saturated heterocycles. The van der Waals surface area contributed by atoms with E-state index >= 15 is 0 Å². The highest BCUT2D eigenvalue weighted by atomic mass is 16.4. The third-order valence-electron chi connectivity index (χ3n) is 2.38. The summed E-state index contributed by atoms with van der Waals surface area (Å²) in [6.07, 6.45) is 4.46. The first-order valence-corrected chi connectivity index (χ1v) is 4.52. The van der Waals surface area contributed by atoms with Gasteiger partial charge in [0.15, 0.2) is 0 Å². The molecule has 72 valence electrons. The minimum atomic E-state index is -0.759. The van der Waals surface area contributed by atoms with Crippen molar-refractivity contribution in [1.29, 1.82) is 0 Å². The molecule has 0 fully saturated rings. The molecule has 1 heterocycles. The summed E-state index contributed by atoms with van der Waals surface area (Å²) in [5.74, 6) is -0.601. The second kappa shape index (κ2) is 4.12. The third kappa shape index (κ3) is 2.11. The lowest BCUT2D eigenvalue weighted by molar-refractivity contribution is -0.142. The molecule has 3 heteroatoms. The molecule has 0 saturated carbocycles. The number of hydrogen-bond acceptors (Lipinski definition) is 1. The molecule has 0 unspecified atom stereocenters. The van der Waals surface area contributed by atoms with Crippen LogP contribution in [0.15, 0.2) is 24.5 Å². The highest BCUT2D eigenvalue weighted by Crippen LogP contribution is 2.21. The summed E-state index contributed by atoms with van der Waals surface area (Å²) in [4.78, 5) is 11.0. The van der Waals surface area contributed by atoms with Crippen LogP contribution in [0.2, 0.25) is 0 Å².